The van der Waals surface area contributed by atoms with Crippen LogP contribution in [0.1, 0.15) is 29.6 Å². The monoisotopic (exact) mass is 292 g/mol. The molecule has 0 atom stereocenters. The molecule has 0 bridgehead atoms. The molecular weight excluding hydrogens is 276 g/mol. The van der Waals surface area contributed by atoms with Crippen LogP contribution in [-0.4, -0.2) is 28.1 Å². The Balaban J connectivity index is 1.87. The molecule has 2 aromatic rings. The quantitative estimate of drug-likeness (QED) is 0.883. The van der Waals surface area contributed by atoms with E-state index in [9.17, 15) is 9.59 Å². The van der Waals surface area contributed by atoms with Crippen molar-refractivity contribution >= 4 is 29.0 Å². The maximum Gasteiger partial charge on any atom is 0.261 e. The van der Waals surface area contributed by atoms with Crippen LogP contribution in [0.25, 0.3) is 0 Å². The summed E-state index contributed by atoms with van der Waals surface area (Å²) in [5.41, 5.74) is 0. The van der Waals surface area contributed by atoms with E-state index in [1.807, 2.05) is 19.2 Å². The first-order chi connectivity index (χ1) is 9.58. The lowest BCUT2D eigenvalue weighted by molar-refractivity contribution is -0.115. The van der Waals surface area contributed by atoms with Gasteiger partial charge in [0.25, 0.3) is 5.91 Å². The van der Waals surface area contributed by atoms with E-state index < -0.39 is 0 Å². The van der Waals surface area contributed by atoms with Crippen LogP contribution < -0.4 is 10.6 Å². The van der Waals surface area contributed by atoms with E-state index in [0.29, 0.717) is 10.7 Å². The zero-order valence-electron chi connectivity index (χ0n) is 11.3. The predicted octanol–water partition coefficient (Wildman–Crippen LogP) is 1.89. The average Bonchev–Trinajstić information content (AvgIpc) is 3.06. The highest BCUT2D eigenvalue weighted by molar-refractivity contribution is 7.12. The summed E-state index contributed by atoms with van der Waals surface area (Å²) < 4.78 is 1.71. The lowest BCUT2D eigenvalue weighted by Crippen LogP contribution is -2.33. The topological polar surface area (TPSA) is 76.0 Å². The third kappa shape index (κ3) is 3.45. The van der Waals surface area contributed by atoms with E-state index in [-0.39, 0.29) is 24.4 Å². The molecule has 2 N–H and O–H groups in total. The minimum absolute atomic E-state index is 0.0694. The van der Waals surface area contributed by atoms with Crippen LogP contribution in [0.4, 0.5) is 5.82 Å². The number of hydrogen-bond acceptors (Lipinski definition) is 4. The molecule has 0 fully saturated rings. The minimum atomic E-state index is -0.280. The first kappa shape index (κ1) is 14.3. The van der Waals surface area contributed by atoms with E-state index in [1.165, 1.54) is 11.3 Å². The number of nitrogens with zero attached hydrogens (tertiary/aromatic N) is 2. The van der Waals surface area contributed by atoms with Crippen LogP contribution in [0.5, 0.6) is 0 Å². The van der Waals surface area contributed by atoms with Gasteiger partial charge in [0.2, 0.25) is 5.91 Å². The van der Waals surface area contributed by atoms with Crippen LogP contribution in [0.15, 0.2) is 29.8 Å². The van der Waals surface area contributed by atoms with Crippen LogP contribution >= 0.6 is 11.3 Å². The molecule has 0 aliphatic heterocycles. The molecule has 7 heteroatoms. The summed E-state index contributed by atoms with van der Waals surface area (Å²) in [5, 5.41) is 11.2. The largest absolute Gasteiger partial charge is 0.342 e. The van der Waals surface area contributed by atoms with Crippen molar-refractivity contribution in [2.24, 2.45) is 0 Å². The molecule has 0 aromatic carbocycles. The summed E-state index contributed by atoms with van der Waals surface area (Å²) in [5.74, 6) is 0.0974. The highest BCUT2D eigenvalue weighted by Gasteiger charge is 2.11. The normalized spacial score (nSPS) is 10.6. The van der Waals surface area contributed by atoms with E-state index in [4.69, 9.17) is 0 Å². The fourth-order valence-corrected chi connectivity index (χ4v) is 2.31. The van der Waals surface area contributed by atoms with Crippen molar-refractivity contribution in [1.29, 1.82) is 0 Å². The molecule has 0 radical (unpaired) electrons. The number of hydrogen-bond donors (Lipinski definition) is 2. The summed E-state index contributed by atoms with van der Waals surface area (Å²) in [7, 11) is 0. The summed E-state index contributed by atoms with van der Waals surface area (Å²) in [6, 6.07) is 5.38. The smallest absolute Gasteiger partial charge is 0.261 e. The summed E-state index contributed by atoms with van der Waals surface area (Å²) in [4.78, 5) is 24.1. The van der Waals surface area contributed by atoms with Gasteiger partial charge in [0.15, 0.2) is 0 Å². The Labute approximate surface area is 120 Å². The molecule has 2 rings (SSSR count). The van der Waals surface area contributed by atoms with Gasteiger partial charge >= 0.3 is 0 Å². The fourth-order valence-electron chi connectivity index (χ4n) is 1.67. The first-order valence-electron chi connectivity index (χ1n) is 6.23. The Morgan fingerprint density at radius 2 is 2.20 bits per heavy atom. The standard InChI is InChI=1S/C13H16N4O2S/c1-9(2)17-11(5-6-15-17)16-12(18)8-14-13(19)10-4-3-7-20-10/h3-7,9H,8H2,1-2H3,(H,14,19)(H,16,18). The van der Waals surface area contributed by atoms with Crippen molar-refractivity contribution < 1.29 is 9.59 Å². The molecule has 2 aromatic heterocycles. The number of carbonyl (C=O) groups excluding carboxylic acids is 2. The number of aromatic nitrogens is 2. The van der Waals surface area contributed by atoms with Gasteiger partial charge in [-0.1, -0.05) is 6.07 Å². The number of anilines is 1. The number of thiophene rings is 1. The van der Waals surface area contributed by atoms with Gasteiger partial charge in [-0.15, -0.1) is 11.3 Å². The molecule has 106 valence electrons. The molecule has 0 saturated carbocycles. The van der Waals surface area contributed by atoms with E-state index >= 15 is 0 Å². The molecule has 0 aliphatic rings. The maximum atomic E-state index is 11.8. The van der Waals surface area contributed by atoms with Gasteiger partial charge < -0.3 is 10.6 Å². The third-order valence-electron chi connectivity index (χ3n) is 2.58. The van der Waals surface area contributed by atoms with Crippen LogP contribution in [0.3, 0.4) is 0 Å². The van der Waals surface area contributed by atoms with Crippen molar-refractivity contribution in [3.8, 4) is 0 Å². The second kappa shape index (κ2) is 6.33. The summed E-state index contributed by atoms with van der Waals surface area (Å²) in [6.45, 7) is 3.88. The summed E-state index contributed by atoms with van der Waals surface area (Å²) in [6.07, 6.45) is 1.62. The van der Waals surface area contributed by atoms with Gasteiger partial charge in [0, 0.05) is 12.1 Å². The third-order valence-corrected chi connectivity index (χ3v) is 3.45. The molecule has 6 nitrogen and oxygen atoms in total. The zero-order valence-corrected chi connectivity index (χ0v) is 12.1. The van der Waals surface area contributed by atoms with Gasteiger partial charge in [-0.05, 0) is 25.3 Å². The number of nitrogens with one attached hydrogen (secondary N) is 2. The first-order valence-corrected chi connectivity index (χ1v) is 7.11. The molecule has 0 saturated heterocycles. The van der Waals surface area contributed by atoms with Crippen molar-refractivity contribution in [1.82, 2.24) is 15.1 Å². The van der Waals surface area contributed by atoms with Crippen molar-refractivity contribution in [2.75, 3.05) is 11.9 Å². The van der Waals surface area contributed by atoms with Crippen molar-refractivity contribution in [2.45, 2.75) is 19.9 Å². The second-order valence-electron chi connectivity index (χ2n) is 4.46. The van der Waals surface area contributed by atoms with Gasteiger partial charge in [0.1, 0.15) is 5.82 Å². The van der Waals surface area contributed by atoms with E-state index in [0.717, 1.165) is 0 Å². The minimum Gasteiger partial charge on any atom is -0.342 e. The molecule has 0 unspecified atom stereocenters. The number of amides is 2. The molecule has 0 aliphatic carbocycles. The lowest BCUT2D eigenvalue weighted by atomic mass is 10.4. The van der Waals surface area contributed by atoms with E-state index in [1.54, 1.807) is 29.1 Å². The van der Waals surface area contributed by atoms with Crippen LogP contribution in [0.2, 0.25) is 0 Å². The average molecular weight is 292 g/mol. The van der Waals surface area contributed by atoms with Crippen LogP contribution in [-0.2, 0) is 4.79 Å². The number of carbonyl (C=O) groups is 2. The molecule has 2 heterocycles. The molecular formula is C13H16N4O2S. The van der Waals surface area contributed by atoms with Gasteiger partial charge in [-0.3, -0.25) is 9.59 Å². The Bertz CT molecular complexity index is 589. The van der Waals surface area contributed by atoms with Crippen LogP contribution in [0, 0.1) is 0 Å². The molecule has 20 heavy (non-hydrogen) atoms. The van der Waals surface area contributed by atoms with Crippen molar-refractivity contribution in [3.05, 3.63) is 34.7 Å². The predicted molar refractivity (Wildman–Crippen MR) is 77.9 cm³/mol. The Morgan fingerprint density at radius 1 is 1.40 bits per heavy atom. The van der Waals surface area contributed by atoms with Gasteiger partial charge in [0.05, 0.1) is 17.6 Å². The maximum absolute atomic E-state index is 11.8. The van der Waals surface area contributed by atoms with Gasteiger partial charge in [-0.2, -0.15) is 5.10 Å². The Kier molecular flexibility index (Phi) is 4.52. The Morgan fingerprint density at radius 3 is 2.85 bits per heavy atom. The Hall–Kier alpha value is -2.15. The lowest BCUT2D eigenvalue weighted by Gasteiger charge is -2.11. The SMILES string of the molecule is CC(C)n1nccc1NC(=O)CNC(=O)c1cccs1. The van der Waals surface area contributed by atoms with Crippen molar-refractivity contribution in [3.63, 3.8) is 0 Å². The van der Waals surface area contributed by atoms with E-state index in [2.05, 4.69) is 15.7 Å². The summed E-state index contributed by atoms with van der Waals surface area (Å²) >= 11 is 1.34. The number of rotatable bonds is 5. The van der Waals surface area contributed by atoms with Gasteiger partial charge in [-0.25, -0.2) is 4.68 Å². The highest BCUT2D eigenvalue weighted by atomic mass is 32.1. The fraction of sp³-hybridized carbons (Fsp3) is 0.308. The molecule has 2 amide bonds. The second-order valence-corrected chi connectivity index (χ2v) is 5.41. The molecule has 0 spiro atoms. The zero-order chi connectivity index (χ0) is 14.5. The highest BCUT2D eigenvalue weighted by Crippen LogP contribution is 2.12.